The standard InChI is InChI=1S/C19H20F2N2O3/c1-4-26-12(2)18(24)22-17-14(20)10-11-15(16(17)21)23(3)19(25)13-8-6-5-7-9-13/h5-12H,4H2,1-3H3,(H,22,24). The third-order valence-electron chi connectivity index (χ3n) is 3.79. The lowest BCUT2D eigenvalue weighted by Crippen LogP contribution is -2.30. The van der Waals surface area contributed by atoms with E-state index in [1.165, 1.54) is 14.0 Å². The summed E-state index contributed by atoms with van der Waals surface area (Å²) in [5.41, 5.74) is -0.416. The predicted octanol–water partition coefficient (Wildman–Crippen LogP) is 3.60. The molecule has 1 N–H and O–H groups in total. The molecule has 0 aliphatic heterocycles. The van der Waals surface area contributed by atoms with Gasteiger partial charge in [-0.15, -0.1) is 0 Å². The highest BCUT2D eigenvalue weighted by Crippen LogP contribution is 2.29. The predicted molar refractivity (Wildman–Crippen MR) is 95.3 cm³/mol. The number of rotatable bonds is 6. The van der Waals surface area contributed by atoms with Crippen molar-refractivity contribution in [2.75, 3.05) is 23.9 Å². The maximum absolute atomic E-state index is 14.8. The second-order valence-electron chi connectivity index (χ2n) is 5.57. The minimum absolute atomic E-state index is 0.153. The van der Waals surface area contributed by atoms with E-state index in [-0.39, 0.29) is 12.3 Å². The van der Waals surface area contributed by atoms with Crippen molar-refractivity contribution in [2.45, 2.75) is 20.0 Å². The summed E-state index contributed by atoms with van der Waals surface area (Å²) in [5.74, 6) is -3.12. The number of carbonyl (C=O) groups is 2. The number of amides is 2. The second-order valence-corrected chi connectivity index (χ2v) is 5.57. The number of carbonyl (C=O) groups excluding carboxylic acids is 2. The fourth-order valence-electron chi connectivity index (χ4n) is 2.35. The summed E-state index contributed by atoms with van der Waals surface area (Å²) in [6, 6.07) is 10.4. The van der Waals surface area contributed by atoms with E-state index in [2.05, 4.69) is 5.32 Å². The molecule has 2 aromatic rings. The van der Waals surface area contributed by atoms with Crippen molar-refractivity contribution in [2.24, 2.45) is 0 Å². The van der Waals surface area contributed by atoms with Crippen LogP contribution in [-0.4, -0.2) is 31.6 Å². The zero-order valence-electron chi connectivity index (χ0n) is 14.8. The van der Waals surface area contributed by atoms with Crippen LogP contribution in [0, 0.1) is 11.6 Å². The summed E-state index contributed by atoms with van der Waals surface area (Å²) in [6.45, 7) is 3.47. The summed E-state index contributed by atoms with van der Waals surface area (Å²) in [7, 11) is 1.38. The van der Waals surface area contributed by atoms with Gasteiger partial charge in [0.2, 0.25) is 0 Å². The number of anilines is 2. The average Bonchev–Trinajstić information content (AvgIpc) is 2.64. The molecule has 0 saturated carbocycles. The summed E-state index contributed by atoms with van der Waals surface area (Å²) < 4.78 is 33.9. The van der Waals surface area contributed by atoms with Gasteiger partial charge in [0.05, 0.1) is 5.69 Å². The lowest BCUT2D eigenvalue weighted by atomic mass is 10.1. The van der Waals surface area contributed by atoms with Crippen molar-refractivity contribution in [3.05, 3.63) is 59.7 Å². The van der Waals surface area contributed by atoms with Gasteiger partial charge >= 0.3 is 0 Å². The first-order chi connectivity index (χ1) is 12.4. The van der Waals surface area contributed by atoms with Crippen LogP contribution in [0.5, 0.6) is 0 Å². The van der Waals surface area contributed by atoms with Gasteiger partial charge in [-0.05, 0) is 38.1 Å². The number of nitrogens with zero attached hydrogens (tertiary/aromatic N) is 1. The van der Waals surface area contributed by atoms with Crippen LogP contribution in [0.15, 0.2) is 42.5 Å². The van der Waals surface area contributed by atoms with Crippen molar-refractivity contribution in [1.82, 2.24) is 0 Å². The molecular formula is C19H20F2N2O3. The van der Waals surface area contributed by atoms with E-state index in [4.69, 9.17) is 4.74 Å². The molecule has 5 nitrogen and oxygen atoms in total. The quantitative estimate of drug-likeness (QED) is 0.854. The van der Waals surface area contributed by atoms with Crippen molar-refractivity contribution >= 4 is 23.2 Å². The molecule has 0 saturated heterocycles. The fraction of sp³-hybridized carbons (Fsp3) is 0.263. The highest BCUT2D eigenvalue weighted by Gasteiger charge is 2.23. The molecule has 2 amide bonds. The molecule has 0 aliphatic carbocycles. The van der Waals surface area contributed by atoms with Gasteiger partial charge in [-0.25, -0.2) is 8.78 Å². The number of benzene rings is 2. The van der Waals surface area contributed by atoms with Crippen LogP contribution in [0.1, 0.15) is 24.2 Å². The Bertz CT molecular complexity index is 797. The Hall–Kier alpha value is -2.80. The molecule has 0 aromatic heterocycles. The molecule has 0 aliphatic rings. The van der Waals surface area contributed by atoms with Crippen LogP contribution < -0.4 is 10.2 Å². The first kappa shape index (κ1) is 19.5. The zero-order valence-corrected chi connectivity index (χ0v) is 14.8. The van der Waals surface area contributed by atoms with Gasteiger partial charge in [0.25, 0.3) is 11.8 Å². The Morgan fingerprint density at radius 2 is 1.81 bits per heavy atom. The van der Waals surface area contributed by atoms with E-state index < -0.39 is 35.2 Å². The molecule has 0 heterocycles. The van der Waals surface area contributed by atoms with Crippen LogP contribution in [0.3, 0.4) is 0 Å². The van der Waals surface area contributed by atoms with Crippen LogP contribution in [-0.2, 0) is 9.53 Å². The maximum Gasteiger partial charge on any atom is 0.258 e. The fourth-order valence-corrected chi connectivity index (χ4v) is 2.35. The lowest BCUT2D eigenvalue weighted by Gasteiger charge is -2.20. The summed E-state index contributed by atoms with van der Waals surface area (Å²) in [6.07, 6.45) is -0.869. The van der Waals surface area contributed by atoms with Gasteiger partial charge in [-0.1, -0.05) is 18.2 Å². The van der Waals surface area contributed by atoms with E-state index in [1.807, 2.05) is 0 Å². The number of nitrogens with one attached hydrogen (secondary N) is 1. The van der Waals surface area contributed by atoms with Gasteiger partial charge in [0.15, 0.2) is 5.82 Å². The molecule has 138 valence electrons. The first-order valence-electron chi connectivity index (χ1n) is 8.10. The highest BCUT2D eigenvalue weighted by molar-refractivity contribution is 6.06. The Morgan fingerprint density at radius 1 is 1.15 bits per heavy atom. The normalized spacial score (nSPS) is 11.7. The van der Waals surface area contributed by atoms with Crippen LogP contribution in [0.4, 0.5) is 20.2 Å². The second kappa shape index (κ2) is 8.53. The Balaban J connectivity index is 2.31. The van der Waals surface area contributed by atoms with Crippen LogP contribution in [0.2, 0.25) is 0 Å². The molecule has 0 spiro atoms. The number of hydrogen-bond donors (Lipinski definition) is 1. The molecule has 2 aromatic carbocycles. The van der Waals surface area contributed by atoms with E-state index in [0.717, 1.165) is 17.0 Å². The number of hydrogen-bond acceptors (Lipinski definition) is 3. The third kappa shape index (κ3) is 4.23. The van der Waals surface area contributed by atoms with E-state index in [9.17, 15) is 18.4 Å². The zero-order chi connectivity index (χ0) is 19.3. The molecule has 0 fully saturated rings. The Morgan fingerprint density at radius 3 is 2.42 bits per heavy atom. The monoisotopic (exact) mass is 362 g/mol. The van der Waals surface area contributed by atoms with Gasteiger partial charge in [-0.2, -0.15) is 0 Å². The van der Waals surface area contributed by atoms with E-state index in [1.54, 1.807) is 37.3 Å². The molecule has 0 radical (unpaired) electrons. The Labute approximate surface area is 150 Å². The van der Waals surface area contributed by atoms with Gasteiger partial charge in [-0.3, -0.25) is 9.59 Å². The molecule has 26 heavy (non-hydrogen) atoms. The largest absolute Gasteiger partial charge is 0.369 e. The van der Waals surface area contributed by atoms with Gasteiger partial charge in [0.1, 0.15) is 17.6 Å². The SMILES string of the molecule is CCOC(C)C(=O)Nc1c(F)ccc(N(C)C(=O)c2ccccc2)c1F. The van der Waals surface area contributed by atoms with Crippen molar-refractivity contribution < 1.29 is 23.1 Å². The van der Waals surface area contributed by atoms with Crippen molar-refractivity contribution in [3.63, 3.8) is 0 Å². The molecular weight excluding hydrogens is 342 g/mol. The average molecular weight is 362 g/mol. The van der Waals surface area contributed by atoms with Crippen molar-refractivity contribution in [3.8, 4) is 0 Å². The number of halogens is 2. The molecule has 2 rings (SSSR count). The molecule has 0 bridgehead atoms. The summed E-state index contributed by atoms with van der Waals surface area (Å²) in [5, 5.41) is 2.19. The number of ether oxygens (including phenoxy) is 1. The smallest absolute Gasteiger partial charge is 0.258 e. The van der Waals surface area contributed by atoms with E-state index in [0.29, 0.717) is 5.56 Å². The summed E-state index contributed by atoms with van der Waals surface area (Å²) >= 11 is 0. The van der Waals surface area contributed by atoms with E-state index >= 15 is 0 Å². The van der Waals surface area contributed by atoms with Crippen LogP contribution in [0.25, 0.3) is 0 Å². The minimum atomic E-state index is -1.03. The van der Waals surface area contributed by atoms with Crippen molar-refractivity contribution in [1.29, 1.82) is 0 Å². The lowest BCUT2D eigenvalue weighted by molar-refractivity contribution is -0.126. The maximum atomic E-state index is 14.8. The minimum Gasteiger partial charge on any atom is -0.369 e. The topological polar surface area (TPSA) is 58.6 Å². The summed E-state index contributed by atoms with van der Waals surface area (Å²) in [4.78, 5) is 25.5. The first-order valence-corrected chi connectivity index (χ1v) is 8.10. The third-order valence-corrected chi connectivity index (χ3v) is 3.79. The molecule has 1 unspecified atom stereocenters. The Kier molecular flexibility index (Phi) is 6.41. The molecule has 7 heteroatoms. The highest BCUT2D eigenvalue weighted by atomic mass is 19.1. The van der Waals surface area contributed by atoms with Crippen LogP contribution >= 0.6 is 0 Å². The van der Waals surface area contributed by atoms with Gasteiger partial charge in [0, 0.05) is 19.2 Å². The molecule has 1 atom stereocenters. The van der Waals surface area contributed by atoms with Gasteiger partial charge < -0.3 is 15.0 Å².